The molecule has 1 saturated heterocycles. The molecule has 1 atom stereocenters. The van der Waals surface area contributed by atoms with Crippen molar-refractivity contribution in [2.24, 2.45) is 10.9 Å². The number of aromatic nitrogens is 1. The van der Waals surface area contributed by atoms with Gasteiger partial charge in [-0.3, -0.25) is 4.99 Å². The van der Waals surface area contributed by atoms with Crippen LogP contribution in [0.3, 0.4) is 0 Å². The van der Waals surface area contributed by atoms with Crippen LogP contribution in [0.25, 0.3) is 0 Å². The van der Waals surface area contributed by atoms with Crippen molar-refractivity contribution in [1.82, 2.24) is 25.6 Å². The first-order chi connectivity index (χ1) is 13.0. The maximum Gasteiger partial charge on any atom is 0.191 e. The normalized spacial score (nSPS) is 18.1. The zero-order valence-electron chi connectivity index (χ0n) is 17.8. The van der Waals surface area contributed by atoms with E-state index in [0.29, 0.717) is 18.4 Å². The van der Waals surface area contributed by atoms with Crippen molar-refractivity contribution in [3.8, 4) is 0 Å². The van der Waals surface area contributed by atoms with Crippen molar-refractivity contribution in [1.29, 1.82) is 0 Å². The van der Waals surface area contributed by atoms with E-state index < -0.39 is 0 Å². The lowest BCUT2D eigenvalue weighted by atomic mass is 9.99. The molecule has 1 aromatic heterocycles. The minimum atomic E-state index is 0.482. The lowest BCUT2D eigenvalue weighted by Crippen LogP contribution is -2.47. The topological polar surface area (TPSA) is 68.9 Å². The highest BCUT2D eigenvalue weighted by Gasteiger charge is 2.16. The predicted octanol–water partition coefficient (Wildman–Crippen LogP) is 2.13. The summed E-state index contributed by atoms with van der Waals surface area (Å²) in [7, 11) is 4.00. The first-order valence-corrected chi connectivity index (χ1v) is 10.4. The van der Waals surface area contributed by atoms with Gasteiger partial charge in [0.2, 0.25) is 0 Å². The van der Waals surface area contributed by atoms with Gasteiger partial charge >= 0.3 is 0 Å². The van der Waals surface area contributed by atoms with Crippen LogP contribution in [0.4, 0.5) is 0 Å². The molecule has 27 heavy (non-hydrogen) atoms. The summed E-state index contributed by atoms with van der Waals surface area (Å²) >= 11 is 0. The van der Waals surface area contributed by atoms with E-state index in [1.165, 1.54) is 13.1 Å². The third-order valence-electron chi connectivity index (χ3n) is 5.42. The first-order valence-electron chi connectivity index (χ1n) is 10.4. The molecule has 0 bridgehead atoms. The van der Waals surface area contributed by atoms with Crippen LogP contribution in [0, 0.1) is 5.92 Å². The largest absolute Gasteiger partial charge is 0.359 e. The molecule has 0 radical (unpaired) electrons. The van der Waals surface area contributed by atoms with Gasteiger partial charge in [-0.2, -0.15) is 0 Å². The van der Waals surface area contributed by atoms with Gasteiger partial charge in [0.05, 0.1) is 12.2 Å². The molecular formula is C20H38N6O. The molecule has 154 valence electrons. The summed E-state index contributed by atoms with van der Waals surface area (Å²) in [6, 6.07) is 2.06. The number of nitrogens with one attached hydrogen (secondary N) is 2. The lowest BCUT2D eigenvalue weighted by molar-refractivity contribution is 0.139. The second-order valence-corrected chi connectivity index (χ2v) is 7.75. The minimum Gasteiger partial charge on any atom is -0.359 e. The van der Waals surface area contributed by atoms with Gasteiger partial charge in [0.15, 0.2) is 11.7 Å². The van der Waals surface area contributed by atoms with E-state index in [1.54, 1.807) is 7.05 Å². The third-order valence-corrected chi connectivity index (χ3v) is 5.42. The molecular weight excluding hydrogens is 340 g/mol. The van der Waals surface area contributed by atoms with E-state index in [4.69, 9.17) is 4.52 Å². The SMILES string of the molecule is CCC(CC)c1cc(CNC(=NC)NCC(C)CN2CCN(C)CC2)on1. The Morgan fingerprint density at radius 3 is 2.56 bits per heavy atom. The van der Waals surface area contributed by atoms with Crippen molar-refractivity contribution in [3.63, 3.8) is 0 Å². The molecule has 0 spiro atoms. The molecule has 1 fully saturated rings. The molecule has 1 aliphatic rings. The maximum atomic E-state index is 5.47. The van der Waals surface area contributed by atoms with Crippen LogP contribution >= 0.6 is 0 Å². The van der Waals surface area contributed by atoms with Crippen LogP contribution in [0.15, 0.2) is 15.6 Å². The van der Waals surface area contributed by atoms with Crippen molar-refractivity contribution in [2.75, 3.05) is 53.4 Å². The average molecular weight is 379 g/mol. The summed E-state index contributed by atoms with van der Waals surface area (Å²) in [5.74, 6) is 2.71. The quantitative estimate of drug-likeness (QED) is 0.507. The second-order valence-electron chi connectivity index (χ2n) is 7.75. The number of hydrogen-bond acceptors (Lipinski definition) is 5. The average Bonchev–Trinajstić information content (AvgIpc) is 3.13. The zero-order valence-corrected chi connectivity index (χ0v) is 17.8. The summed E-state index contributed by atoms with van der Waals surface area (Å²) in [5.41, 5.74) is 1.06. The fraction of sp³-hybridized carbons (Fsp3) is 0.800. The van der Waals surface area contributed by atoms with E-state index in [-0.39, 0.29) is 0 Å². The van der Waals surface area contributed by atoms with Gasteiger partial charge in [0.1, 0.15) is 0 Å². The fourth-order valence-corrected chi connectivity index (χ4v) is 3.51. The van der Waals surface area contributed by atoms with Crippen LogP contribution in [0.2, 0.25) is 0 Å². The zero-order chi connectivity index (χ0) is 19.6. The highest BCUT2D eigenvalue weighted by Crippen LogP contribution is 2.22. The van der Waals surface area contributed by atoms with E-state index in [2.05, 4.69) is 64.5 Å². The number of rotatable bonds is 9. The standard InChI is InChI=1S/C20H38N6O/c1-6-17(7-2)19-12-18(27-24-19)14-23-20(21-4)22-13-16(3)15-26-10-8-25(5)9-11-26/h12,16-17H,6-11,13-15H2,1-5H3,(H2,21,22,23). The maximum absolute atomic E-state index is 5.47. The number of guanidine groups is 1. The highest BCUT2D eigenvalue weighted by molar-refractivity contribution is 5.79. The number of hydrogen-bond donors (Lipinski definition) is 2. The Hall–Kier alpha value is -1.60. The summed E-state index contributed by atoms with van der Waals surface area (Å²) in [5, 5.41) is 11.0. The summed E-state index contributed by atoms with van der Waals surface area (Å²) in [6.45, 7) is 14.0. The number of nitrogens with zero attached hydrogens (tertiary/aromatic N) is 4. The van der Waals surface area contributed by atoms with Crippen molar-refractivity contribution in [3.05, 3.63) is 17.5 Å². The molecule has 0 aromatic carbocycles. The highest BCUT2D eigenvalue weighted by atomic mass is 16.5. The van der Waals surface area contributed by atoms with Crippen molar-refractivity contribution in [2.45, 2.75) is 46.1 Å². The Kier molecular flexibility index (Phi) is 9.07. The van der Waals surface area contributed by atoms with Crippen molar-refractivity contribution < 1.29 is 4.52 Å². The van der Waals surface area contributed by atoms with E-state index >= 15 is 0 Å². The van der Waals surface area contributed by atoms with Gasteiger partial charge in [0.25, 0.3) is 0 Å². The van der Waals surface area contributed by atoms with Crippen LogP contribution in [0.5, 0.6) is 0 Å². The Morgan fingerprint density at radius 1 is 1.22 bits per heavy atom. The molecule has 1 aliphatic heterocycles. The second kappa shape index (κ2) is 11.3. The van der Waals surface area contributed by atoms with Gasteiger partial charge < -0.3 is 25.0 Å². The lowest BCUT2D eigenvalue weighted by Gasteiger charge is -2.34. The van der Waals surface area contributed by atoms with Crippen LogP contribution < -0.4 is 10.6 Å². The van der Waals surface area contributed by atoms with Crippen LogP contribution in [0.1, 0.15) is 51.0 Å². The molecule has 0 aliphatic carbocycles. The number of aliphatic imine (C=N–C) groups is 1. The van der Waals surface area contributed by atoms with Crippen molar-refractivity contribution >= 4 is 5.96 Å². The van der Waals surface area contributed by atoms with E-state index in [1.807, 2.05) is 0 Å². The molecule has 0 saturated carbocycles. The van der Waals surface area contributed by atoms with Gasteiger partial charge in [-0.1, -0.05) is 25.9 Å². The van der Waals surface area contributed by atoms with E-state index in [9.17, 15) is 0 Å². The summed E-state index contributed by atoms with van der Waals surface area (Å²) in [6.07, 6.45) is 2.18. The molecule has 2 heterocycles. The van der Waals surface area contributed by atoms with Gasteiger partial charge in [-0.25, -0.2) is 0 Å². The van der Waals surface area contributed by atoms with E-state index in [0.717, 1.165) is 56.4 Å². The predicted molar refractivity (Wildman–Crippen MR) is 111 cm³/mol. The van der Waals surface area contributed by atoms with Crippen LogP contribution in [-0.4, -0.2) is 74.3 Å². The van der Waals surface area contributed by atoms with Gasteiger partial charge in [-0.05, 0) is 25.8 Å². The molecule has 1 unspecified atom stereocenters. The molecule has 0 amide bonds. The van der Waals surface area contributed by atoms with Gasteiger partial charge in [0, 0.05) is 58.3 Å². The minimum absolute atomic E-state index is 0.482. The smallest absolute Gasteiger partial charge is 0.191 e. The summed E-state index contributed by atoms with van der Waals surface area (Å²) in [4.78, 5) is 9.26. The Labute approximate surface area is 164 Å². The summed E-state index contributed by atoms with van der Waals surface area (Å²) < 4.78 is 5.47. The number of likely N-dealkylation sites (N-methyl/N-ethyl adjacent to an activating group) is 1. The Bertz CT molecular complexity index is 561. The molecule has 7 heteroatoms. The van der Waals surface area contributed by atoms with Gasteiger partial charge in [-0.15, -0.1) is 0 Å². The third kappa shape index (κ3) is 7.14. The number of piperazine rings is 1. The fourth-order valence-electron chi connectivity index (χ4n) is 3.51. The first kappa shape index (κ1) is 21.7. The Morgan fingerprint density at radius 2 is 1.93 bits per heavy atom. The molecule has 2 rings (SSSR count). The molecule has 1 aromatic rings. The molecule has 7 nitrogen and oxygen atoms in total. The monoisotopic (exact) mass is 378 g/mol. The molecule has 2 N–H and O–H groups in total. The van der Waals surface area contributed by atoms with Crippen LogP contribution in [-0.2, 0) is 6.54 Å². The Balaban J connectivity index is 1.71.